The Morgan fingerprint density at radius 1 is 1.42 bits per heavy atom. The minimum absolute atomic E-state index is 0.216. The molecule has 0 saturated heterocycles. The van der Waals surface area contributed by atoms with Crippen molar-refractivity contribution in [2.24, 2.45) is 0 Å². The number of nitrogen functional groups attached to an aromatic ring is 1. The monoisotopic (exact) mass is 273 g/mol. The molecule has 3 rings (SSSR count). The number of nitrogens with one attached hydrogen (secondary N) is 1. The number of thiophene rings is 1. The SMILES string of the molecule is Cc1nc2cc(NC(=O)c3sccc3N)ccc2o1. The first kappa shape index (κ1) is 11.7. The predicted molar refractivity (Wildman–Crippen MR) is 75.4 cm³/mol. The van der Waals surface area contributed by atoms with Crippen LogP contribution < -0.4 is 11.1 Å². The number of nitrogens with two attached hydrogens (primary N) is 1. The number of amides is 1. The van der Waals surface area contributed by atoms with Crippen LogP contribution in [0.5, 0.6) is 0 Å². The van der Waals surface area contributed by atoms with Gasteiger partial charge in [-0.1, -0.05) is 0 Å². The topological polar surface area (TPSA) is 81.2 Å². The second-order valence-corrected chi connectivity index (χ2v) is 4.99. The van der Waals surface area contributed by atoms with E-state index in [1.54, 1.807) is 36.6 Å². The highest BCUT2D eigenvalue weighted by Gasteiger charge is 2.12. The van der Waals surface area contributed by atoms with Crippen molar-refractivity contribution in [2.75, 3.05) is 11.1 Å². The average Bonchev–Trinajstić information content (AvgIpc) is 2.93. The fourth-order valence-electron chi connectivity index (χ4n) is 1.81. The van der Waals surface area contributed by atoms with Crippen molar-refractivity contribution in [2.45, 2.75) is 6.92 Å². The van der Waals surface area contributed by atoms with Crippen LogP contribution in [-0.2, 0) is 0 Å². The molecule has 0 fully saturated rings. The van der Waals surface area contributed by atoms with E-state index in [-0.39, 0.29) is 5.91 Å². The van der Waals surface area contributed by atoms with Crippen molar-refractivity contribution >= 4 is 39.7 Å². The molecule has 6 heteroatoms. The van der Waals surface area contributed by atoms with Gasteiger partial charge in [-0.3, -0.25) is 4.79 Å². The molecule has 3 N–H and O–H groups in total. The van der Waals surface area contributed by atoms with Crippen LogP contribution in [0.2, 0.25) is 0 Å². The summed E-state index contributed by atoms with van der Waals surface area (Å²) >= 11 is 1.31. The third kappa shape index (κ3) is 2.17. The number of aromatic nitrogens is 1. The van der Waals surface area contributed by atoms with E-state index in [0.29, 0.717) is 27.7 Å². The van der Waals surface area contributed by atoms with E-state index in [4.69, 9.17) is 10.2 Å². The van der Waals surface area contributed by atoms with Crippen LogP contribution in [-0.4, -0.2) is 10.9 Å². The Morgan fingerprint density at radius 2 is 2.26 bits per heavy atom. The minimum atomic E-state index is -0.216. The first-order chi connectivity index (χ1) is 9.13. The third-order valence-electron chi connectivity index (χ3n) is 2.65. The van der Waals surface area contributed by atoms with Gasteiger partial charge >= 0.3 is 0 Å². The number of rotatable bonds is 2. The molecule has 2 heterocycles. The van der Waals surface area contributed by atoms with Gasteiger partial charge in [-0.05, 0) is 29.6 Å². The van der Waals surface area contributed by atoms with Gasteiger partial charge in [0.15, 0.2) is 11.5 Å². The Balaban J connectivity index is 1.89. The summed E-state index contributed by atoms with van der Waals surface area (Å²) in [5.41, 5.74) is 8.28. The van der Waals surface area contributed by atoms with Crippen molar-refractivity contribution in [1.29, 1.82) is 0 Å². The fourth-order valence-corrected chi connectivity index (χ4v) is 2.52. The highest BCUT2D eigenvalue weighted by atomic mass is 32.1. The molecule has 0 unspecified atom stereocenters. The standard InChI is InChI=1S/C13H11N3O2S/c1-7-15-10-6-8(2-3-11(10)18-7)16-13(17)12-9(14)4-5-19-12/h2-6H,14H2,1H3,(H,16,17). The molecule has 0 saturated carbocycles. The molecular formula is C13H11N3O2S. The quantitative estimate of drug-likeness (QED) is 0.752. The predicted octanol–water partition coefficient (Wildman–Crippen LogP) is 3.03. The first-order valence-electron chi connectivity index (χ1n) is 5.65. The van der Waals surface area contributed by atoms with Gasteiger partial charge in [-0.25, -0.2) is 4.98 Å². The van der Waals surface area contributed by atoms with Crippen molar-refractivity contribution < 1.29 is 9.21 Å². The van der Waals surface area contributed by atoms with Gasteiger partial charge in [0.25, 0.3) is 5.91 Å². The molecule has 5 nitrogen and oxygen atoms in total. The average molecular weight is 273 g/mol. The lowest BCUT2D eigenvalue weighted by Gasteiger charge is -2.03. The van der Waals surface area contributed by atoms with Crippen LogP contribution in [0, 0.1) is 6.92 Å². The lowest BCUT2D eigenvalue weighted by atomic mass is 10.2. The van der Waals surface area contributed by atoms with E-state index < -0.39 is 0 Å². The maximum absolute atomic E-state index is 12.0. The van der Waals surface area contributed by atoms with Crippen molar-refractivity contribution in [3.8, 4) is 0 Å². The van der Waals surface area contributed by atoms with E-state index in [1.165, 1.54) is 11.3 Å². The summed E-state index contributed by atoms with van der Waals surface area (Å²) in [7, 11) is 0. The lowest BCUT2D eigenvalue weighted by Crippen LogP contribution is -2.11. The van der Waals surface area contributed by atoms with Crippen LogP contribution in [0.3, 0.4) is 0 Å². The minimum Gasteiger partial charge on any atom is -0.441 e. The molecule has 0 aliphatic heterocycles. The van der Waals surface area contributed by atoms with Crippen molar-refractivity contribution in [1.82, 2.24) is 4.98 Å². The molecule has 1 amide bonds. The van der Waals surface area contributed by atoms with E-state index in [2.05, 4.69) is 10.3 Å². The Labute approximate surface area is 113 Å². The van der Waals surface area contributed by atoms with Crippen LogP contribution >= 0.6 is 11.3 Å². The number of hydrogen-bond donors (Lipinski definition) is 2. The molecular weight excluding hydrogens is 262 g/mol. The van der Waals surface area contributed by atoms with Crippen LogP contribution in [0.25, 0.3) is 11.1 Å². The molecule has 0 bridgehead atoms. The van der Waals surface area contributed by atoms with Gasteiger partial charge < -0.3 is 15.5 Å². The molecule has 0 radical (unpaired) electrons. The second-order valence-electron chi connectivity index (χ2n) is 4.07. The van der Waals surface area contributed by atoms with Crippen molar-refractivity contribution in [3.63, 3.8) is 0 Å². The third-order valence-corrected chi connectivity index (χ3v) is 3.58. The number of hydrogen-bond acceptors (Lipinski definition) is 5. The molecule has 19 heavy (non-hydrogen) atoms. The van der Waals surface area contributed by atoms with E-state index in [9.17, 15) is 4.79 Å². The molecule has 0 atom stereocenters. The highest BCUT2D eigenvalue weighted by Crippen LogP contribution is 2.23. The number of benzene rings is 1. The van der Waals surface area contributed by atoms with Crippen molar-refractivity contribution in [3.05, 3.63) is 40.4 Å². The summed E-state index contributed by atoms with van der Waals surface area (Å²) in [5, 5.41) is 4.58. The number of oxazole rings is 1. The molecule has 1 aromatic carbocycles. The normalized spacial score (nSPS) is 10.8. The molecule has 0 aliphatic rings. The zero-order valence-electron chi connectivity index (χ0n) is 10.1. The van der Waals surface area contributed by atoms with Crippen LogP contribution in [0.4, 0.5) is 11.4 Å². The number of aryl methyl sites for hydroxylation is 1. The molecule has 3 aromatic rings. The summed E-state index contributed by atoms with van der Waals surface area (Å²) in [6.45, 7) is 1.78. The fraction of sp³-hybridized carbons (Fsp3) is 0.0769. The van der Waals surface area contributed by atoms with Gasteiger partial charge in [0.1, 0.15) is 10.4 Å². The zero-order valence-corrected chi connectivity index (χ0v) is 11.0. The summed E-state index contributed by atoms with van der Waals surface area (Å²) in [5.74, 6) is 0.382. The summed E-state index contributed by atoms with van der Waals surface area (Å²) in [6.07, 6.45) is 0. The molecule has 2 aromatic heterocycles. The summed E-state index contributed by atoms with van der Waals surface area (Å²) < 4.78 is 5.38. The Morgan fingerprint density at radius 3 is 3.00 bits per heavy atom. The van der Waals surface area contributed by atoms with Crippen LogP contribution in [0.1, 0.15) is 15.6 Å². The smallest absolute Gasteiger partial charge is 0.267 e. The first-order valence-corrected chi connectivity index (χ1v) is 6.53. The maximum atomic E-state index is 12.0. The Kier molecular flexibility index (Phi) is 2.72. The summed E-state index contributed by atoms with van der Waals surface area (Å²) in [4.78, 5) is 16.7. The Bertz CT molecular complexity index is 760. The van der Waals surface area contributed by atoms with Gasteiger partial charge in [0, 0.05) is 12.6 Å². The number of fused-ring (bicyclic) bond motifs is 1. The maximum Gasteiger partial charge on any atom is 0.267 e. The lowest BCUT2D eigenvalue weighted by molar-refractivity contribution is 0.103. The number of carbonyl (C=O) groups is 1. The highest BCUT2D eigenvalue weighted by molar-refractivity contribution is 7.12. The van der Waals surface area contributed by atoms with E-state index >= 15 is 0 Å². The molecule has 0 spiro atoms. The second kappa shape index (κ2) is 4.40. The van der Waals surface area contributed by atoms with Gasteiger partial charge in [0.05, 0.1) is 5.69 Å². The van der Waals surface area contributed by atoms with Gasteiger partial charge in [-0.15, -0.1) is 11.3 Å². The summed E-state index contributed by atoms with van der Waals surface area (Å²) in [6, 6.07) is 7.04. The molecule has 96 valence electrons. The largest absolute Gasteiger partial charge is 0.441 e. The van der Waals surface area contributed by atoms with E-state index in [0.717, 1.165) is 5.52 Å². The number of carbonyl (C=O) groups excluding carboxylic acids is 1. The Hall–Kier alpha value is -2.34. The zero-order chi connectivity index (χ0) is 13.4. The van der Waals surface area contributed by atoms with E-state index in [1.807, 2.05) is 0 Å². The van der Waals surface area contributed by atoms with Gasteiger partial charge in [0.2, 0.25) is 0 Å². The number of anilines is 2. The number of nitrogens with zero attached hydrogens (tertiary/aromatic N) is 1. The molecule has 0 aliphatic carbocycles. The van der Waals surface area contributed by atoms with Crippen LogP contribution in [0.15, 0.2) is 34.1 Å². The van der Waals surface area contributed by atoms with Gasteiger partial charge in [-0.2, -0.15) is 0 Å².